The molecular weight excluding hydrogens is 381 g/mol. The summed E-state index contributed by atoms with van der Waals surface area (Å²) in [5.74, 6) is 2.50. The van der Waals surface area contributed by atoms with Gasteiger partial charge in [-0.15, -0.1) is 24.8 Å². The smallest absolute Gasteiger partial charge is 0.215 e. The maximum Gasteiger partial charge on any atom is 0.215 e. The topological polar surface area (TPSA) is 74.3 Å². The van der Waals surface area contributed by atoms with E-state index in [2.05, 4.69) is 25.8 Å². The SMILES string of the molecule is CN/C(=N\CCSCc1[nH]cnc1C)NOCc1ccccc1.Cl.Cl. The van der Waals surface area contributed by atoms with E-state index in [-0.39, 0.29) is 24.8 Å². The van der Waals surface area contributed by atoms with Gasteiger partial charge in [-0.2, -0.15) is 11.8 Å². The molecule has 6 nitrogen and oxygen atoms in total. The van der Waals surface area contributed by atoms with Crippen molar-refractivity contribution in [2.24, 2.45) is 4.99 Å². The van der Waals surface area contributed by atoms with Crippen molar-refractivity contribution in [1.29, 1.82) is 0 Å². The third-order valence-electron chi connectivity index (χ3n) is 3.17. The van der Waals surface area contributed by atoms with E-state index >= 15 is 0 Å². The van der Waals surface area contributed by atoms with Crippen LogP contribution in [0, 0.1) is 6.92 Å². The molecular formula is C16H25Cl2N5OS. The van der Waals surface area contributed by atoms with Gasteiger partial charge in [0.05, 0.1) is 25.2 Å². The van der Waals surface area contributed by atoms with Crippen LogP contribution in [0.2, 0.25) is 0 Å². The fourth-order valence-corrected chi connectivity index (χ4v) is 2.72. The number of nitrogens with one attached hydrogen (secondary N) is 3. The summed E-state index contributed by atoms with van der Waals surface area (Å²) in [7, 11) is 1.82. The third-order valence-corrected chi connectivity index (χ3v) is 4.14. The number of guanidine groups is 1. The van der Waals surface area contributed by atoms with Crippen molar-refractivity contribution >= 4 is 42.5 Å². The molecule has 2 aromatic rings. The minimum Gasteiger partial charge on any atom is -0.358 e. The largest absolute Gasteiger partial charge is 0.358 e. The highest BCUT2D eigenvalue weighted by atomic mass is 35.5. The quantitative estimate of drug-likeness (QED) is 0.272. The maximum atomic E-state index is 5.44. The predicted octanol–water partition coefficient (Wildman–Crippen LogP) is 3.09. The van der Waals surface area contributed by atoms with Crippen molar-refractivity contribution in [2.75, 3.05) is 19.3 Å². The molecule has 1 aromatic carbocycles. The number of H-pyrrole nitrogens is 1. The molecule has 0 unspecified atom stereocenters. The van der Waals surface area contributed by atoms with Gasteiger partial charge in [-0.3, -0.25) is 9.83 Å². The Morgan fingerprint density at radius 2 is 2.04 bits per heavy atom. The van der Waals surface area contributed by atoms with Gasteiger partial charge in [0.15, 0.2) is 0 Å². The summed E-state index contributed by atoms with van der Waals surface area (Å²) < 4.78 is 0. The molecule has 25 heavy (non-hydrogen) atoms. The van der Waals surface area contributed by atoms with Crippen LogP contribution in [0.3, 0.4) is 0 Å². The number of aromatic nitrogens is 2. The Bertz CT molecular complexity index is 610. The zero-order valence-corrected chi connectivity index (χ0v) is 16.8. The summed E-state index contributed by atoms with van der Waals surface area (Å²) in [6.45, 7) is 3.22. The lowest BCUT2D eigenvalue weighted by molar-refractivity contribution is 0.0689. The first-order valence-corrected chi connectivity index (χ1v) is 8.65. The Hall–Kier alpha value is -1.41. The van der Waals surface area contributed by atoms with E-state index in [0.29, 0.717) is 12.6 Å². The second-order valence-electron chi connectivity index (χ2n) is 4.88. The Balaban J connectivity index is 0.00000288. The van der Waals surface area contributed by atoms with Gasteiger partial charge in [-0.05, 0) is 12.5 Å². The summed E-state index contributed by atoms with van der Waals surface area (Å²) in [5.41, 5.74) is 6.20. The Morgan fingerprint density at radius 3 is 2.68 bits per heavy atom. The normalized spacial score (nSPS) is 10.6. The van der Waals surface area contributed by atoms with Crippen LogP contribution in [-0.4, -0.2) is 35.3 Å². The van der Waals surface area contributed by atoms with Crippen LogP contribution in [0.25, 0.3) is 0 Å². The van der Waals surface area contributed by atoms with Crippen molar-refractivity contribution in [3.8, 4) is 0 Å². The van der Waals surface area contributed by atoms with Crippen molar-refractivity contribution in [1.82, 2.24) is 20.8 Å². The van der Waals surface area contributed by atoms with Gasteiger partial charge in [0.2, 0.25) is 5.96 Å². The summed E-state index contributed by atoms with van der Waals surface area (Å²) in [6, 6.07) is 10.0. The van der Waals surface area contributed by atoms with E-state index < -0.39 is 0 Å². The van der Waals surface area contributed by atoms with E-state index in [9.17, 15) is 0 Å². The molecule has 2 rings (SSSR count). The third kappa shape index (κ3) is 9.02. The van der Waals surface area contributed by atoms with Crippen molar-refractivity contribution in [2.45, 2.75) is 19.3 Å². The second-order valence-corrected chi connectivity index (χ2v) is 5.98. The highest BCUT2D eigenvalue weighted by molar-refractivity contribution is 7.98. The number of aliphatic imine (C=N–C) groups is 1. The number of thioether (sulfide) groups is 1. The number of hydrogen-bond donors (Lipinski definition) is 3. The molecule has 0 radical (unpaired) electrons. The Morgan fingerprint density at radius 1 is 1.28 bits per heavy atom. The Labute approximate surface area is 165 Å². The number of hydroxylamine groups is 1. The summed E-state index contributed by atoms with van der Waals surface area (Å²) in [4.78, 5) is 17.2. The molecule has 0 aliphatic heterocycles. The average molecular weight is 406 g/mol. The number of hydrogen-bond acceptors (Lipinski definition) is 4. The van der Waals surface area contributed by atoms with Crippen molar-refractivity contribution < 1.29 is 4.84 Å². The average Bonchev–Trinajstić information content (AvgIpc) is 2.99. The van der Waals surface area contributed by atoms with Gasteiger partial charge in [-0.25, -0.2) is 10.5 Å². The first-order valence-electron chi connectivity index (χ1n) is 7.50. The van der Waals surface area contributed by atoms with Gasteiger partial charge in [0.1, 0.15) is 0 Å². The summed E-state index contributed by atoms with van der Waals surface area (Å²) >= 11 is 1.82. The van der Waals surface area contributed by atoms with E-state index in [1.54, 1.807) is 6.33 Å². The number of imidazole rings is 1. The minimum absolute atomic E-state index is 0. The number of aryl methyl sites for hydroxylation is 1. The fraction of sp³-hybridized carbons (Fsp3) is 0.375. The fourth-order valence-electron chi connectivity index (χ4n) is 1.86. The molecule has 9 heteroatoms. The van der Waals surface area contributed by atoms with E-state index in [4.69, 9.17) is 4.84 Å². The van der Waals surface area contributed by atoms with Gasteiger partial charge in [0, 0.05) is 24.2 Å². The first-order chi connectivity index (χ1) is 11.3. The van der Waals surface area contributed by atoms with E-state index in [1.165, 1.54) is 5.69 Å². The zero-order valence-electron chi connectivity index (χ0n) is 14.3. The molecule has 1 aromatic heterocycles. The van der Waals surface area contributed by atoms with Crippen LogP contribution in [0.5, 0.6) is 0 Å². The lowest BCUT2D eigenvalue weighted by atomic mass is 10.2. The monoisotopic (exact) mass is 405 g/mol. The first kappa shape index (κ1) is 23.6. The molecule has 0 saturated carbocycles. The molecule has 0 atom stereocenters. The second kappa shape index (κ2) is 13.8. The van der Waals surface area contributed by atoms with Crippen LogP contribution in [-0.2, 0) is 17.2 Å². The van der Waals surface area contributed by atoms with Gasteiger partial charge < -0.3 is 10.3 Å². The van der Waals surface area contributed by atoms with E-state index in [1.807, 2.05) is 56.1 Å². The van der Waals surface area contributed by atoms with Crippen LogP contribution in [0.4, 0.5) is 0 Å². The molecule has 140 valence electrons. The number of aromatic amines is 1. The molecule has 0 aliphatic rings. The molecule has 1 heterocycles. The van der Waals surface area contributed by atoms with Crippen LogP contribution in [0.1, 0.15) is 17.0 Å². The highest BCUT2D eigenvalue weighted by Crippen LogP contribution is 2.11. The van der Waals surface area contributed by atoms with Crippen LogP contribution in [0.15, 0.2) is 41.7 Å². The predicted molar refractivity (Wildman–Crippen MR) is 110 cm³/mol. The zero-order chi connectivity index (χ0) is 16.3. The molecule has 0 aliphatic carbocycles. The van der Waals surface area contributed by atoms with Crippen molar-refractivity contribution in [3.63, 3.8) is 0 Å². The van der Waals surface area contributed by atoms with Gasteiger partial charge >= 0.3 is 0 Å². The molecule has 0 bridgehead atoms. The lowest BCUT2D eigenvalue weighted by Crippen LogP contribution is -2.35. The van der Waals surface area contributed by atoms with Crippen LogP contribution < -0.4 is 10.8 Å². The van der Waals surface area contributed by atoms with Crippen LogP contribution >= 0.6 is 36.6 Å². The van der Waals surface area contributed by atoms with Gasteiger partial charge in [-0.1, -0.05) is 30.3 Å². The molecule has 0 spiro atoms. The summed E-state index contributed by atoms with van der Waals surface area (Å²) in [5, 5.41) is 2.99. The number of halogens is 2. The minimum atomic E-state index is 0. The molecule has 0 fully saturated rings. The number of rotatable bonds is 8. The van der Waals surface area contributed by atoms with Crippen molar-refractivity contribution in [3.05, 3.63) is 53.6 Å². The molecule has 0 amide bonds. The standard InChI is InChI=1S/C16H23N5OS.2ClH/c1-13-15(20-12-19-13)11-23-9-8-18-16(17-2)21-22-10-14-6-4-3-5-7-14;;/h3-7,12H,8-11H2,1-2H3,(H,19,20)(H2,17,18,21);2*1H. The Kier molecular flexibility index (Phi) is 13.1. The van der Waals surface area contributed by atoms with E-state index in [0.717, 1.165) is 29.3 Å². The summed E-state index contributed by atoms with van der Waals surface area (Å²) in [6.07, 6.45) is 1.73. The molecule has 0 saturated heterocycles. The number of nitrogens with zero attached hydrogens (tertiary/aromatic N) is 2. The maximum absolute atomic E-state index is 5.44. The molecule has 3 N–H and O–H groups in total. The number of benzene rings is 1. The highest BCUT2D eigenvalue weighted by Gasteiger charge is 2.00. The van der Waals surface area contributed by atoms with Gasteiger partial charge in [0.25, 0.3) is 0 Å². The lowest BCUT2D eigenvalue weighted by Gasteiger charge is -2.09.